The zero-order valence-electron chi connectivity index (χ0n) is 12.3. The number of phenolic OH excluding ortho intramolecular Hbond substituents is 1. The largest absolute Gasteiger partial charge is 0.506 e. The Hall–Kier alpha value is -3.28. The fourth-order valence-electron chi connectivity index (χ4n) is 2.42. The Bertz CT molecular complexity index is 948. The number of benzene rings is 2. The second-order valence-corrected chi connectivity index (χ2v) is 5.08. The molecule has 0 aliphatic heterocycles. The van der Waals surface area contributed by atoms with E-state index < -0.39 is 17.2 Å². The van der Waals surface area contributed by atoms with Crippen molar-refractivity contribution in [3.63, 3.8) is 0 Å². The molecule has 0 unspecified atom stereocenters. The number of pyridine rings is 1. The molecule has 1 heterocycles. The normalized spacial score (nSPS) is 10.7. The number of phenols is 1. The van der Waals surface area contributed by atoms with Crippen molar-refractivity contribution < 1.29 is 15.0 Å². The Morgan fingerprint density at radius 3 is 2.43 bits per heavy atom. The summed E-state index contributed by atoms with van der Waals surface area (Å²) < 4.78 is 0. The number of fused-ring (bicyclic) bond motifs is 1. The van der Waals surface area contributed by atoms with Crippen molar-refractivity contribution in [1.82, 2.24) is 4.98 Å². The molecule has 23 heavy (non-hydrogen) atoms. The van der Waals surface area contributed by atoms with Gasteiger partial charge in [0, 0.05) is 18.1 Å². The maximum atomic E-state index is 12.6. The van der Waals surface area contributed by atoms with Crippen LogP contribution in [0, 0.1) is 0 Å². The summed E-state index contributed by atoms with van der Waals surface area (Å²) in [6.45, 7) is 0. The Kier molecular flexibility index (Phi) is 3.50. The van der Waals surface area contributed by atoms with Gasteiger partial charge in [-0.3, -0.25) is 9.59 Å². The average Bonchev–Trinajstić information content (AvgIpc) is 2.56. The number of aromatic hydroxyl groups is 2. The van der Waals surface area contributed by atoms with Crippen LogP contribution in [0.4, 0.5) is 5.69 Å². The van der Waals surface area contributed by atoms with Crippen LogP contribution >= 0.6 is 0 Å². The van der Waals surface area contributed by atoms with E-state index in [2.05, 4.69) is 4.98 Å². The van der Waals surface area contributed by atoms with Gasteiger partial charge in [0.2, 0.25) is 0 Å². The molecule has 1 aromatic heterocycles. The summed E-state index contributed by atoms with van der Waals surface area (Å²) in [6.07, 6.45) is 0. The highest BCUT2D eigenvalue weighted by Gasteiger charge is 2.23. The number of rotatable bonds is 2. The molecule has 0 spiro atoms. The molecule has 1 amide bonds. The van der Waals surface area contributed by atoms with E-state index >= 15 is 0 Å². The number of H-pyrrole nitrogens is 1. The minimum absolute atomic E-state index is 0.0916. The van der Waals surface area contributed by atoms with Crippen molar-refractivity contribution in [2.24, 2.45) is 0 Å². The SMILES string of the molecule is CN(C(=O)c1c(O)c2cccc(O)c2[nH]c1=O)c1ccccc1. The monoisotopic (exact) mass is 310 g/mol. The first-order chi connectivity index (χ1) is 11.0. The molecule has 0 aliphatic rings. The Morgan fingerprint density at radius 2 is 1.74 bits per heavy atom. The summed E-state index contributed by atoms with van der Waals surface area (Å²) in [5.41, 5.74) is -0.444. The molecule has 6 nitrogen and oxygen atoms in total. The number of aromatic nitrogens is 1. The highest BCUT2D eigenvalue weighted by Crippen LogP contribution is 2.30. The molecule has 116 valence electrons. The van der Waals surface area contributed by atoms with Crippen LogP contribution in [0.1, 0.15) is 10.4 Å². The molecule has 0 saturated carbocycles. The van der Waals surface area contributed by atoms with E-state index in [0.717, 1.165) is 0 Å². The topological polar surface area (TPSA) is 93.6 Å². The number of para-hydroxylation sites is 2. The molecule has 0 aliphatic carbocycles. The molecule has 3 rings (SSSR count). The van der Waals surface area contributed by atoms with E-state index in [9.17, 15) is 19.8 Å². The van der Waals surface area contributed by atoms with E-state index in [4.69, 9.17) is 0 Å². The molecule has 0 atom stereocenters. The van der Waals surface area contributed by atoms with Crippen molar-refractivity contribution in [3.8, 4) is 11.5 Å². The number of hydrogen-bond donors (Lipinski definition) is 3. The van der Waals surface area contributed by atoms with E-state index in [1.165, 1.54) is 30.1 Å². The third kappa shape index (κ3) is 2.40. The minimum atomic E-state index is -0.760. The quantitative estimate of drug-likeness (QED) is 0.676. The molecule has 0 fully saturated rings. The smallest absolute Gasteiger partial charge is 0.267 e. The van der Waals surface area contributed by atoms with Crippen molar-refractivity contribution >= 4 is 22.5 Å². The van der Waals surface area contributed by atoms with Crippen molar-refractivity contribution in [2.45, 2.75) is 0 Å². The molecule has 0 bridgehead atoms. The number of anilines is 1. The lowest BCUT2D eigenvalue weighted by Gasteiger charge is -2.18. The molecule has 2 aromatic carbocycles. The van der Waals surface area contributed by atoms with Gasteiger partial charge in [0.15, 0.2) is 0 Å². The Morgan fingerprint density at radius 1 is 1.04 bits per heavy atom. The lowest BCUT2D eigenvalue weighted by atomic mass is 10.1. The molecule has 0 radical (unpaired) electrons. The van der Waals surface area contributed by atoms with Crippen molar-refractivity contribution in [2.75, 3.05) is 11.9 Å². The summed E-state index contributed by atoms with van der Waals surface area (Å²) in [5, 5.41) is 20.3. The summed E-state index contributed by atoms with van der Waals surface area (Å²) in [5.74, 6) is -1.27. The molecular formula is C17H14N2O4. The van der Waals surface area contributed by atoms with Crippen LogP contribution in [-0.4, -0.2) is 28.2 Å². The summed E-state index contributed by atoms with van der Waals surface area (Å²) in [4.78, 5) is 28.5. The summed E-state index contributed by atoms with van der Waals surface area (Å²) in [6, 6.07) is 13.2. The van der Waals surface area contributed by atoms with Crippen LogP contribution in [0.5, 0.6) is 11.5 Å². The number of hydrogen-bond acceptors (Lipinski definition) is 4. The van der Waals surface area contributed by atoms with Crippen molar-refractivity contribution in [1.29, 1.82) is 0 Å². The van der Waals surface area contributed by atoms with Gasteiger partial charge in [0.25, 0.3) is 11.5 Å². The highest BCUT2D eigenvalue weighted by molar-refractivity contribution is 6.10. The first-order valence-electron chi connectivity index (χ1n) is 6.90. The number of carbonyl (C=O) groups excluding carboxylic acids is 1. The van der Waals surface area contributed by atoms with Crippen LogP contribution in [-0.2, 0) is 0 Å². The maximum Gasteiger partial charge on any atom is 0.267 e. The third-order valence-corrected chi connectivity index (χ3v) is 3.66. The third-order valence-electron chi connectivity index (χ3n) is 3.66. The van der Waals surface area contributed by atoms with Crippen LogP contribution in [0.25, 0.3) is 10.9 Å². The van der Waals surface area contributed by atoms with Gasteiger partial charge in [0.05, 0.1) is 5.52 Å². The highest BCUT2D eigenvalue weighted by atomic mass is 16.3. The maximum absolute atomic E-state index is 12.6. The van der Waals surface area contributed by atoms with Gasteiger partial charge >= 0.3 is 0 Å². The van der Waals surface area contributed by atoms with Crippen LogP contribution < -0.4 is 10.5 Å². The number of nitrogens with one attached hydrogen (secondary N) is 1. The lowest BCUT2D eigenvalue weighted by Crippen LogP contribution is -2.31. The molecular weight excluding hydrogens is 296 g/mol. The van der Waals surface area contributed by atoms with Gasteiger partial charge in [-0.15, -0.1) is 0 Å². The minimum Gasteiger partial charge on any atom is -0.506 e. The first-order valence-corrected chi connectivity index (χ1v) is 6.90. The van der Waals surface area contributed by atoms with Gasteiger partial charge in [-0.25, -0.2) is 0 Å². The Labute approximate surface area is 131 Å². The van der Waals surface area contributed by atoms with Crippen LogP contribution in [0.15, 0.2) is 53.3 Å². The molecule has 6 heteroatoms. The average molecular weight is 310 g/mol. The van der Waals surface area contributed by atoms with Gasteiger partial charge in [-0.2, -0.15) is 0 Å². The predicted octanol–water partition coefficient (Wildman–Crippen LogP) is 2.22. The van der Waals surface area contributed by atoms with Crippen molar-refractivity contribution in [3.05, 3.63) is 64.4 Å². The Balaban J connectivity index is 2.17. The number of nitrogens with zero attached hydrogens (tertiary/aromatic N) is 1. The molecule has 0 saturated heterocycles. The molecule has 3 N–H and O–H groups in total. The first kappa shape index (κ1) is 14.6. The van der Waals surface area contributed by atoms with Crippen LogP contribution in [0.3, 0.4) is 0 Å². The molecule has 3 aromatic rings. The van der Waals surface area contributed by atoms with E-state index in [1.54, 1.807) is 24.3 Å². The number of carbonyl (C=O) groups is 1. The lowest BCUT2D eigenvalue weighted by molar-refractivity contribution is 0.0989. The number of amides is 1. The zero-order chi connectivity index (χ0) is 16.6. The van der Waals surface area contributed by atoms with E-state index in [0.29, 0.717) is 5.69 Å². The van der Waals surface area contributed by atoms with Gasteiger partial charge in [0.1, 0.15) is 17.1 Å². The van der Waals surface area contributed by atoms with Crippen LogP contribution in [0.2, 0.25) is 0 Å². The zero-order valence-corrected chi connectivity index (χ0v) is 12.3. The number of aromatic amines is 1. The van der Waals surface area contributed by atoms with E-state index in [-0.39, 0.29) is 22.2 Å². The van der Waals surface area contributed by atoms with Gasteiger partial charge < -0.3 is 20.1 Å². The summed E-state index contributed by atoms with van der Waals surface area (Å²) >= 11 is 0. The summed E-state index contributed by atoms with van der Waals surface area (Å²) in [7, 11) is 1.52. The fourth-order valence-corrected chi connectivity index (χ4v) is 2.42. The van der Waals surface area contributed by atoms with Gasteiger partial charge in [-0.1, -0.05) is 24.3 Å². The predicted molar refractivity (Wildman–Crippen MR) is 87.1 cm³/mol. The standard InChI is InChI=1S/C17H14N2O4/c1-19(10-6-3-2-4-7-10)17(23)13-15(21)11-8-5-9-12(20)14(11)18-16(13)22/h2-9,20H,1H3,(H2,18,21,22). The van der Waals surface area contributed by atoms with E-state index in [1.807, 2.05) is 6.07 Å². The second-order valence-electron chi connectivity index (χ2n) is 5.08. The fraction of sp³-hybridized carbons (Fsp3) is 0.0588. The second kappa shape index (κ2) is 5.49. The van der Waals surface area contributed by atoms with Gasteiger partial charge in [-0.05, 0) is 24.3 Å².